The molecule has 0 amide bonds. The normalized spacial score (nSPS) is 10.5. The van der Waals surface area contributed by atoms with Gasteiger partial charge in [0.15, 0.2) is 0 Å². The number of anilines is 1. The summed E-state index contributed by atoms with van der Waals surface area (Å²) >= 11 is 3.23. The average Bonchev–Trinajstić information content (AvgIpc) is 2.25. The molecule has 0 atom stereocenters. The van der Waals surface area contributed by atoms with Gasteiger partial charge in [-0.1, -0.05) is 0 Å². The Labute approximate surface area is 102 Å². The van der Waals surface area contributed by atoms with Gasteiger partial charge >= 0.3 is 0 Å². The Balaban J connectivity index is 3.06. The minimum Gasteiger partial charge on any atom is -0.394 e. The van der Waals surface area contributed by atoms with Crippen LogP contribution in [0.2, 0.25) is 0 Å². The van der Waals surface area contributed by atoms with Crippen molar-refractivity contribution in [2.24, 2.45) is 5.73 Å². The third kappa shape index (κ3) is 2.81. The summed E-state index contributed by atoms with van der Waals surface area (Å²) < 4.78 is 1.65. The molecule has 1 aromatic heterocycles. The lowest BCUT2D eigenvalue weighted by molar-refractivity contribution is 0.266. The van der Waals surface area contributed by atoms with E-state index in [0.717, 1.165) is 0 Å². The number of nitrogens with two attached hydrogens (primary N) is 1. The van der Waals surface area contributed by atoms with E-state index in [1.54, 1.807) is 6.20 Å². The molecule has 6 nitrogen and oxygen atoms in total. The lowest BCUT2D eigenvalue weighted by Crippen LogP contribution is -2.30. The highest BCUT2D eigenvalue weighted by Crippen LogP contribution is 2.19. The van der Waals surface area contributed by atoms with Crippen LogP contribution < -0.4 is 16.2 Å². The van der Waals surface area contributed by atoms with Crippen LogP contribution in [0, 0.1) is 0 Å². The summed E-state index contributed by atoms with van der Waals surface area (Å²) in [5.74, 6) is 0. The second-order valence-corrected chi connectivity index (χ2v) is 4.10. The first-order valence-electron chi connectivity index (χ1n) is 4.89. The molecule has 1 heterocycles. The van der Waals surface area contributed by atoms with Crippen LogP contribution in [-0.2, 0) is 6.54 Å². The Morgan fingerprint density at radius 3 is 2.94 bits per heavy atom. The van der Waals surface area contributed by atoms with Gasteiger partial charge in [-0.25, -0.2) is 4.68 Å². The van der Waals surface area contributed by atoms with Gasteiger partial charge < -0.3 is 15.7 Å². The van der Waals surface area contributed by atoms with E-state index in [9.17, 15) is 4.79 Å². The molecule has 1 aromatic rings. The molecule has 0 aliphatic carbocycles. The first-order valence-corrected chi connectivity index (χ1v) is 5.68. The van der Waals surface area contributed by atoms with Crippen LogP contribution in [-0.4, -0.2) is 41.6 Å². The first kappa shape index (κ1) is 13.1. The Hall–Kier alpha value is -0.920. The largest absolute Gasteiger partial charge is 0.394 e. The number of aromatic nitrogens is 2. The zero-order valence-electron chi connectivity index (χ0n) is 9.06. The molecule has 7 heteroatoms. The van der Waals surface area contributed by atoms with Gasteiger partial charge in [-0.05, 0) is 15.9 Å². The zero-order valence-corrected chi connectivity index (χ0v) is 10.6. The van der Waals surface area contributed by atoms with E-state index in [4.69, 9.17) is 10.8 Å². The maximum absolute atomic E-state index is 11.8. The molecule has 1 rings (SSSR count). The van der Waals surface area contributed by atoms with Crippen LogP contribution in [0.5, 0.6) is 0 Å². The van der Waals surface area contributed by atoms with Crippen molar-refractivity contribution in [2.75, 3.05) is 31.6 Å². The molecule has 0 saturated carbocycles. The highest BCUT2D eigenvalue weighted by Gasteiger charge is 2.11. The number of likely N-dealkylation sites (N-methyl/N-ethyl adjacent to an activating group) is 1. The summed E-state index contributed by atoms with van der Waals surface area (Å²) in [6, 6.07) is 0. The number of aliphatic hydroxyl groups is 1. The minimum absolute atomic E-state index is 0.114. The van der Waals surface area contributed by atoms with E-state index in [-0.39, 0.29) is 18.7 Å². The average molecular weight is 291 g/mol. The number of aliphatic hydroxyl groups excluding tert-OH is 1. The van der Waals surface area contributed by atoms with E-state index in [1.807, 2.05) is 11.9 Å². The van der Waals surface area contributed by atoms with E-state index < -0.39 is 0 Å². The topological polar surface area (TPSA) is 84.4 Å². The van der Waals surface area contributed by atoms with Gasteiger partial charge in [0.2, 0.25) is 0 Å². The minimum atomic E-state index is -0.254. The van der Waals surface area contributed by atoms with Gasteiger partial charge in [-0.15, -0.1) is 0 Å². The second kappa shape index (κ2) is 5.97. The maximum atomic E-state index is 11.8. The van der Waals surface area contributed by atoms with Gasteiger partial charge in [0.05, 0.1) is 25.0 Å². The number of halogens is 1. The third-order valence-electron chi connectivity index (χ3n) is 2.15. The Morgan fingerprint density at radius 1 is 1.69 bits per heavy atom. The second-order valence-electron chi connectivity index (χ2n) is 3.31. The molecule has 3 N–H and O–H groups in total. The van der Waals surface area contributed by atoms with Crippen molar-refractivity contribution in [1.29, 1.82) is 0 Å². The number of hydrogen-bond acceptors (Lipinski definition) is 5. The monoisotopic (exact) mass is 290 g/mol. The fourth-order valence-electron chi connectivity index (χ4n) is 1.29. The molecule has 0 unspecified atom stereocenters. The molecule has 0 spiro atoms. The van der Waals surface area contributed by atoms with E-state index in [2.05, 4.69) is 21.0 Å². The zero-order chi connectivity index (χ0) is 12.1. The summed E-state index contributed by atoms with van der Waals surface area (Å²) in [7, 11) is 1.84. The van der Waals surface area contributed by atoms with Crippen LogP contribution in [0.3, 0.4) is 0 Å². The van der Waals surface area contributed by atoms with Crippen LogP contribution in [0.15, 0.2) is 15.5 Å². The van der Waals surface area contributed by atoms with Crippen molar-refractivity contribution in [3.05, 3.63) is 21.0 Å². The number of rotatable bonds is 5. The van der Waals surface area contributed by atoms with Crippen molar-refractivity contribution >= 4 is 21.6 Å². The number of hydrogen-bond donors (Lipinski definition) is 2. The van der Waals surface area contributed by atoms with Crippen LogP contribution in [0.25, 0.3) is 0 Å². The standard InChI is InChI=1S/C9H15BrN4O2/c1-13(3-2-11)7-6-12-14(4-5-15)9(16)8(7)10/h6,15H,2-5,11H2,1H3. The SMILES string of the molecule is CN(CCN)c1cnn(CCO)c(=O)c1Br. The molecule has 0 radical (unpaired) electrons. The molecule has 16 heavy (non-hydrogen) atoms. The first-order chi connectivity index (χ1) is 7.61. The van der Waals surface area contributed by atoms with Crippen molar-refractivity contribution in [3.8, 4) is 0 Å². The molecule has 0 saturated heterocycles. The van der Waals surface area contributed by atoms with Gasteiger partial charge in [0.25, 0.3) is 5.56 Å². The summed E-state index contributed by atoms with van der Waals surface area (Å²) in [5, 5.41) is 12.7. The van der Waals surface area contributed by atoms with E-state index in [0.29, 0.717) is 23.2 Å². The van der Waals surface area contributed by atoms with Crippen LogP contribution in [0.4, 0.5) is 5.69 Å². The lowest BCUT2D eigenvalue weighted by atomic mass is 10.4. The van der Waals surface area contributed by atoms with Gasteiger partial charge in [-0.3, -0.25) is 4.79 Å². The maximum Gasteiger partial charge on any atom is 0.283 e. The third-order valence-corrected chi connectivity index (χ3v) is 2.90. The molecule has 0 aromatic carbocycles. The lowest BCUT2D eigenvalue weighted by Gasteiger charge is -2.19. The molecule has 0 bridgehead atoms. The molecular formula is C9H15BrN4O2. The highest BCUT2D eigenvalue weighted by atomic mass is 79.9. The smallest absolute Gasteiger partial charge is 0.283 e. The van der Waals surface area contributed by atoms with Crippen LogP contribution >= 0.6 is 15.9 Å². The predicted molar refractivity (Wildman–Crippen MR) is 65.6 cm³/mol. The fourth-order valence-corrected chi connectivity index (χ4v) is 1.90. The van der Waals surface area contributed by atoms with Crippen molar-refractivity contribution in [2.45, 2.75) is 6.54 Å². The van der Waals surface area contributed by atoms with E-state index >= 15 is 0 Å². The van der Waals surface area contributed by atoms with Gasteiger partial charge in [0.1, 0.15) is 4.47 Å². The Bertz CT molecular complexity index is 407. The summed E-state index contributed by atoms with van der Waals surface area (Å²) in [6.45, 7) is 1.22. The molecular weight excluding hydrogens is 276 g/mol. The number of nitrogens with zero attached hydrogens (tertiary/aromatic N) is 3. The van der Waals surface area contributed by atoms with Gasteiger partial charge in [-0.2, -0.15) is 5.10 Å². The predicted octanol–water partition coefficient (Wildman–Crippen LogP) is -0.607. The van der Waals surface area contributed by atoms with Gasteiger partial charge in [0, 0.05) is 20.1 Å². The Kier molecular flexibility index (Phi) is 4.91. The van der Waals surface area contributed by atoms with Crippen molar-refractivity contribution < 1.29 is 5.11 Å². The van der Waals surface area contributed by atoms with Crippen molar-refractivity contribution in [1.82, 2.24) is 9.78 Å². The summed E-state index contributed by atoms with van der Waals surface area (Å²) in [4.78, 5) is 13.6. The fraction of sp³-hybridized carbons (Fsp3) is 0.556. The molecule has 0 aliphatic rings. The molecule has 0 fully saturated rings. The van der Waals surface area contributed by atoms with Crippen molar-refractivity contribution in [3.63, 3.8) is 0 Å². The summed E-state index contributed by atoms with van der Waals surface area (Å²) in [6.07, 6.45) is 1.58. The van der Waals surface area contributed by atoms with Crippen LogP contribution in [0.1, 0.15) is 0 Å². The quantitative estimate of drug-likeness (QED) is 0.756. The molecule has 90 valence electrons. The molecule has 0 aliphatic heterocycles. The van der Waals surface area contributed by atoms with E-state index in [1.165, 1.54) is 4.68 Å². The Morgan fingerprint density at radius 2 is 2.38 bits per heavy atom. The highest BCUT2D eigenvalue weighted by molar-refractivity contribution is 9.10. The summed E-state index contributed by atoms with van der Waals surface area (Å²) in [5.41, 5.74) is 5.88.